The number of halogens is 2. The van der Waals surface area contributed by atoms with Crippen LogP contribution in [0, 0.1) is 20.8 Å². The molecule has 1 fully saturated rings. The van der Waals surface area contributed by atoms with Gasteiger partial charge in [-0.2, -0.15) is 0 Å². The molecule has 1 aliphatic rings. The molecule has 3 aromatic rings. The number of nitrogens with zero attached hydrogens (tertiary/aromatic N) is 1. The maximum Gasteiger partial charge on any atom is 0.335 e. The van der Waals surface area contributed by atoms with Gasteiger partial charge in [-0.3, -0.25) is 19.7 Å². The average Bonchev–Trinajstić information content (AvgIpc) is 2.85. The van der Waals surface area contributed by atoms with Crippen LogP contribution in [0.2, 0.25) is 5.02 Å². The summed E-state index contributed by atoms with van der Waals surface area (Å²) in [6.07, 6.45) is 1.39. The Morgan fingerprint density at radius 1 is 1.00 bits per heavy atom. The number of ether oxygens (including phenoxy) is 1. The smallest absolute Gasteiger partial charge is 0.335 e. The van der Waals surface area contributed by atoms with E-state index < -0.39 is 17.8 Å². The van der Waals surface area contributed by atoms with E-state index >= 15 is 0 Å². The van der Waals surface area contributed by atoms with Gasteiger partial charge in [0, 0.05) is 10.7 Å². The number of anilines is 2. The number of aryl methyl sites for hydroxylation is 3. The van der Waals surface area contributed by atoms with Gasteiger partial charge in [0.15, 0.2) is 6.61 Å². The second-order valence-corrected chi connectivity index (χ2v) is 9.98. The van der Waals surface area contributed by atoms with Crippen molar-refractivity contribution in [1.29, 1.82) is 0 Å². The Labute approximate surface area is 232 Å². The van der Waals surface area contributed by atoms with Crippen LogP contribution in [0.1, 0.15) is 22.3 Å². The van der Waals surface area contributed by atoms with Crippen LogP contribution >= 0.6 is 27.5 Å². The summed E-state index contributed by atoms with van der Waals surface area (Å²) in [6, 6.07) is 14.4. The van der Waals surface area contributed by atoms with Gasteiger partial charge >= 0.3 is 6.03 Å². The zero-order chi connectivity index (χ0) is 27.6. The van der Waals surface area contributed by atoms with Gasteiger partial charge in [-0.05, 0) is 101 Å². The number of rotatable bonds is 6. The zero-order valence-corrected chi connectivity index (χ0v) is 23.1. The van der Waals surface area contributed by atoms with Crippen LogP contribution in [0.15, 0.2) is 64.6 Å². The van der Waals surface area contributed by atoms with E-state index in [-0.39, 0.29) is 18.1 Å². The number of urea groups is 1. The predicted octanol–water partition coefficient (Wildman–Crippen LogP) is 5.71. The molecule has 0 bridgehead atoms. The number of carbonyl (C=O) groups is 4. The lowest BCUT2D eigenvalue weighted by Gasteiger charge is -2.26. The minimum absolute atomic E-state index is 0.195. The number of imide groups is 2. The Morgan fingerprint density at radius 2 is 1.74 bits per heavy atom. The van der Waals surface area contributed by atoms with Crippen LogP contribution in [0.25, 0.3) is 6.08 Å². The molecule has 1 heterocycles. The standard InChI is InChI=1S/C28H23BrClN3O5/c1-15-5-8-20(10-17(15)3)33-27(36)21(26(35)32-28(33)37)11-18-6-9-24(22(29)12-18)38-14-25(34)31-19-7-4-16(2)23(30)13-19/h4-13H,14H2,1-3H3,(H,31,34)(H,32,35,37)/b21-11-. The summed E-state index contributed by atoms with van der Waals surface area (Å²) < 4.78 is 6.11. The van der Waals surface area contributed by atoms with E-state index in [0.717, 1.165) is 21.6 Å². The Morgan fingerprint density at radius 3 is 2.42 bits per heavy atom. The van der Waals surface area contributed by atoms with Gasteiger partial charge in [-0.15, -0.1) is 0 Å². The van der Waals surface area contributed by atoms with Crippen LogP contribution in [0.5, 0.6) is 5.75 Å². The third-order valence-electron chi connectivity index (χ3n) is 5.93. The van der Waals surface area contributed by atoms with Gasteiger partial charge < -0.3 is 10.1 Å². The summed E-state index contributed by atoms with van der Waals surface area (Å²) in [5.74, 6) is -1.50. The minimum Gasteiger partial charge on any atom is -0.483 e. The number of nitrogens with one attached hydrogen (secondary N) is 2. The number of benzene rings is 3. The summed E-state index contributed by atoms with van der Waals surface area (Å²) in [5, 5.41) is 5.48. The third-order valence-corrected chi connectivity index (χ3v) is 6.96. The van der Waals surface area contributed by atoms with Crippen molar-refractivity contribution in [2.24, 2.45) is 0 Å². The van der Waals surface area contributed by atoms with Crippen molar-refractivity contribution in [2.45, 2.75) is 20.8 Å². The molecular formula is C28H23BrClN3O5. The van der Waals surface area contributed by atoms with Crippen LogP contribution in [-0.4, -0.2) is 30.4 Å². The molecule has 10 heteroatoms. The van der Waals surface area contributed by atoms with E-state index in [4.69, 9.17) is 16.3 Å². The number of hydrogen-bond donors (Lipinski definition) is 2. The summed E-state index contributed by atoms with van der Waals surface area (Å²) in [5.41, 5.74) is 4.05. The number of hydrogen-bond acceptors (Lipinski definition) is 5. The first-order chi connectivity index (χ1) is 18.0. The van der Waals surface area contributed by atoms with Crippen LogP contribution in [0.3, 0.4) is 0 Å². The molecular weight excluding hydrogens is 574 g/mol. The van der Waals surface area contributed by atoms with Gasteiger partial charge in [-0.25, -0.2) is 9.69 Å². The lowest BCUT2D eigenvalue weighted by Crippen LogP contribution is -2.54. The monoisotopic (exact) mass is 595 g/mol. The molecule has 5 amide bonds. The highest BCUT2D eigenvalue weighted by Gasteiger charge is 2.36. The molecule has 8 nitrogen and oxygen atoms in total. The Kier molecular flexibility index (Phi) is 7.99. The molecule has 2 N–H and O–H groups in total. The van der Waals surface area contributed by atoms with E-state index in [1.807, 2.05) is 20.8 Å². The Balaban J connectivity index is 1.48. The van der Waals surface area contributed by atoms with Gasteiger partial charge in [0.2, 0.25) is 0 Å². The molecule has 1 aliphatic heterocycles. The summed E-state index contributed by atoms with van der Waals surface area (Å²) in [4.78, 5) is 51.3. The summed E-state index contributed by atoms with van der Waals surface area (Å²) in [6.45, 7) is 5.41. The van der Waals surface area contributed by atoms with Crippen molar-refractivity contribution in [3.8, 4) is 5.75 Å². The normalized spacial score (nSPS) is 14.5. The summed E-state index contributed by atoms with van der Waals surface area (Å²) >= 11 is 9.49. The Hall–Kier alpha value is -3.95. The lowest BCUT2D eigenvalue weighted by atomic mass is 10.1. The molecule has 0 atom stereocenters. The van der Waals surface area contributed by atoms with Crippen molar-refractivity contribution >= 4 is 68.7 Å². The van der Waals surface area contributed by atoms with Crippen LogP contribution < -0.4 is 20.3 Å². The number of carbonyl (C=O) groups excluding carboxylic acids is 4. The lowest BCUT2D eigenvalue weighted by molar-refractivity contribution is -0.122. The van der Waals surface area contributed by atoms with Crippen molar-refractivity contribution in [1.82, 2.24) is 5.32 Å². The molecule has 0 aliphatic carbocycles. The second-order valence-electron chi connectivity index (χ2n) is 8.72. The molecule has 4 rings (SSSR count). The van der Waals surface area contributed by atoms with Crippen molar-refractivity contribution < 1.29 is 23.9 Å². The molecule has 0 spiro atoms. The van der Waals surface area contributed by atoms with E-state index in [9.17, 15) is 19.2 Å². The van der Waals surface area contributed by atoms with Crippen molar-refractivity contribution in [2.75, 3.05) is 16.8 Å². The largest absolute Gasteiger partial charge is 0.483 e. The van der Waals surface area contributed by atoms with Gasteiger partial charge in [0.05, 0.1) is 10.2 Å². The highest BCUT2D eigenvalue weighted by atomic mass is 79.9. The highest BCUT2D eigenvalue weighted by molar-refractivity contribution is 9.10. The predicted molar refractivity (Wildman–Crippen MR) is 149 cm³/mol. The summed E-state index contributed by atoms with van der Waals surface area (Å²) in [7, 11) is 0. The first kappa shape index (κ1) is 27.1. The minimum atomic E-state index is -0.809. The second kappa shape index (κ2) is 11.2. The fourth-order valence-corrected chi connectivity index (χ4v) is 4.35. The van der Waals surface area contributed by atoms with Crippen LogP contribution in [-0.2, 0) is 14.4 Å². The average molecular weight is 597 g/mol. The Bertz CT molecular complexity index is 1520. The maximum absolute atomic E-state index is 13.2. The molecule has 3 aromatic carbocycles. The molecule has 194 valence electrons. The number of barbiturate groups is 1. The topological polar surface area (TPSA) is 105 Å². The van der Waals surface area contributed by atoms with Gasteiger partial charge in [0.25, 0.3) is 17.7 Å². The van der Waals surface area contributed by atoms with Crippen LogP contribution in [0.4, 0.5) is 16.2 Å². The third kappa shape index (κ3) is 5.95. The molecule has 38 heavy (non-hydrogen) atoms. The number of amides is 5. The van der Waals surface area contributed by atoms with E-state index in [0.29, 0.717) is 32.2 Å². The first-order valence-corrected chi connectivity index (χ1v) is 12.7. The SMILES string of the molecule is Cc1ccc(N2C(=O)NC(=O)/C(=C/c3ccc(OCC(=O)Nc4ccc(C)c(Cl)c4)c(Br)c3)C2=O)cc1C. The quantitative estimate of drug-likeness (QED) is 0.280. The van der Waals surface area contributed by atoms with E-state index in [1.54, 1.807) is 54.6 Å². The molecule has 1 saturated heterocycles. The van der Waals surface area contributed by atoms with Crippen molar-refractivity contribution in [3.63, 3.8) is 0 Å². The zero-order valence-electron chi connectivity index (χ0n) is 20.7. The maximum atomic E-state index is 13.2. The first-order valence-electron chi connectivity index (χ1n) is 11.5. The van der Waals surface area contributed by atoms with Crippen molar-refractivity contribution in [3.05, 3.63) is 91.9 Å². The van der Waals surface area contributed by atoms with Gasteiger partial charge in [-0.1, -0.05) is 29.8 Å². The highest BCUT2D eigenvalue weighted by Crippen LogP contribution is 2.29. The molecule has 0 aromatic heterocycles. The molecule has 0 radical (unpaired) electrons. The van der Waals surface area contributed by atoms with E-state index in [1.165, 1.54) is 6.08 Å². The fraction of sp³-hybridized carbons (Fsp3) is 0.143. The fourth-order valence-electron chi connectivity index (χ4n) is 3.66. The molecule has 0 unspecified atom stereocenters. The molecule has 0 saturated carbocycles. The van der Waals surface area contributed by atoms with Gasteiger partial charge in [0.1, 0.15) is 11.3 Å². The van der Waals surface area contributed by atoms with E-state index in [2.05, 4.69) is 26.6 Å².